The Bertz CT molecular complexity index is 991. The van der Waals surface area contributed by atoms with E-state index in [1.165, 1.54) is 22.1 Å². The van der Waals surface area contributed by atoms with E-state index in [1.807, 2.05) is 0 Å². The van der Waals surface area contributed by atoms with Gasteiger partial charge in [0.15, 0.2) is 5.78 Å². The van der Waals surface area contributed by atoms with E-state index < -0.39 is 0 Å². The first-order valence-corrected chi connectivity index (χ1v) is 10.8. The third kappa shape index (κ3) is 4.67. The van der Waals surface area contributed by atoms with E-state index in [2.05, 4.69) is 10.1 Å². The van der Waals surface area contributed by atoms with Crippen molar-refractivity contribution in [3.05, 3.63) is 64.6 Å². The van der Waals surface area contributed by atoms with E-state index >= 15 is 0 Å². The average molecular weight is 412 g/mol. The van der Waals surface area contributed by atoms with Crippen LogP contribution in [0.15, 0.2) is 47.4 Å². The van der Waals surface area contributed by atoms with Crippen molar-refractivity contribution in [1.82, 2.24) is 14.8 Å². The number of para-hydroxylation sites is 1. The lowest BCUT2D eigenvalue weighted by molar-refractivity contribution is -0.123. The number of rotatable bonds is 7. The number of halogens is 1. The Hall–Kier alpha value is -2.67. The highest BCUT2D eigenvalue weighted by Crippen LogP contribution is 2.32. The zero-order valence-corrected chi connectivity index (χ0v) is 16.8. The molecule has 150 valence electrons. The molecule has 1 aliphatic rings. The van der Waals surface area contributed by atoms with Crippen molar-refractivity contribution >= 4 is 22.9 Å². The minimum atomic E-state index is -0.348. The number of Topliss-reactive ketones (excluding diaryl/α,β-unsaturated/α-hetero) is 2. The fourth-order valence-corrected chi connectivity index (χ4v) is 4.51. The summed E-state index contributed by atoms with van der Waals surface area (Å²) < 4.78 is 15.4. The number of benzene rings is 1. The Labute approximate surface area is 172 Å². The number of hydrogen-bond acceptors (Lipinski definition) is 5. The van der Waals surface area contributed by atoms with Crippen molar-refractivity contribution in [2.24, 2.45) is 11.8 Å². The van der Waals surface area contributed by atoms with E-state index in [-0.39, 0.29) is 29.7 Å². The Morgan fingerprint density at radius 1 is 1.14 bits per heavy atom. The second-order valence-electron chi connectivity index (χ2n) is 7.56. The molecule has 29 heavy (non-hydrogen) atoms. The second-order valence-corrected chi connectivity index (χ2v) is 8.28. The van der Waals surface area contributed by atoms with Gasteiger partial charge in [-0.25, -0.2) is 14.1 Å². The van der Waals surface area contributed by atoms with Crippen LogP contribution in [0.3, 0.4) is 0 Å². The van der Waals surface area contributed by atoms with Crippen molar-refractivity contribution in [1.29, 1.82) is 0 Å². The molecule has 1 aliphatic carbocycles. The van der Waals surface area contributed by atoms with Crippen LogP contribution in [0.1, 0.15) is 48.3 Å². The van der Waals surface area contributed by atoms with Crippen LogP contribution in [0.5, 0.6) is 0 Å². The summed E-state index contributed by atoms with van der Waals surface area (Å²) in [6, 6.07) is 8.19. The molecule has 1 saturated carbocycles. The average Bonchev–Trinajstić information content (AvgIpc) is 3.41. The number of carbonyl (C=O) groups excluding carboxylic acids is 2. The van der Waals surface area contributed by atoms with E-state index in [0.717, 1.165) is 25.7 Å². The molecule has 0 amide bonds. The largest absolute Gasteiger partial charge is 0.299 e. The Morgan fingerprint density at radius 2 is 1.93 bits per heavy atom. The monoisotopic (exact) mass is 411 g/mol. The molecule has 5 nitrogen and oxygen atoms in total. The van der Waals surface area contributed by atoms with E-state index in [4.69, 9.17) is 0 Å². The standard InChI is InChI=1S/C22H22FN3O2S/c23-18-3-1-2-4-20(18)26-10-9-17(25-26)12-21(27)16-7-5-15(6-8-16)11-22(28)19-13-29-14-24-19/h1-4,9-10,13-16H,5-8,11-12H2. The minimum absolute atomic E-state index is 0.0132. The van der Waals surface area contributed by atoms with E-state index in [1.54, 1.807) is 41.4 Å². The SMILES string of the molecule is O=C(CC1CCC(C(=O)Cc2ccn(-c3ccccc3F)n2)CC1)c1cscn1. The molecule has 2 heterocycles. The molecule has 0 unspecified atom stereocenters. The molecule has 0 bridgehead atoms. The highest BCUT2D eigenvalue weighted by molar-refractivity contribution is 7.07. The summed E-state index contributed by atoms with van der Waals surface area (Å²) in [6.45, 7) is 0. The maximum atomic E-state index is 13.9. The van der Waals surface area contributed by atoms with Crippen LogP contribution in [-0.4, -0.2) is 26.3 Å². The number of hydrogen-bond donors (Lipinski definition) is 0. The van der Waals surface area contributed by atoms with Gasteiger partial charge < -0.3 is 0 Å². The van der Waals surface area contributed by atoms with Crippen molar-refractivity contribution in [3.8, 4) is 5.69 Å². The lowest BCUT2D eigenvalue weighted by atomic mass is 9.77. The van der Waals surface area contributed by atoms with Crippen LogP contribution in [0.4, 0.5) is 4.39 Å². The number of thiazole rings is 1. The Kier molecular flexibility index (Phi) is 5.94. The van der Waals surface area contributed by atoms with Crippen LogP contribution in [0.25, 0.3) is 5.69 Å². The fourth-order valence-electron chi connectivity index (χ4n) is 3.96. The van der Waals surface area contributed by atoms with Gasteiger partial charge in [0.05, 0.1) is 17.6 Å². The molecule has 0 aliphatic heterocycles. The molecule has 3 aromatic rings. The normalized spacial score (nSPS) is 19.2. The molecular formula is C22H22FN3O2S. The van der Waals surface area contributed by atoms with Crippen molar-refractivity contribution in [2.75, 3.05) is 0 Å². The van der Waals surface area contributed by atoms with Gasteiger partial charge in [-0.1, -0.05) is 12.1 Å². The van der Waals surface area contributed by atoms with Gasteiger partial charge in [0.1, 0.15) is 23.0 Å². The first-order valence-electron chi connectivity index (χ1n) is 9.83. The summed E-state index contributed by atoms with van der Waals surface area (Å²) in [4.78, 5) is 29.0. The zero-order valence-electron chi connectivity index (χ0n) is 16.0. The van der Waals surface area contributed by atoms with Gasteiger partial charge in [0, 0.05) is 23.9 Å². The highest BCUT2D eigenvalue weighted by atomic mass is 32.1. The van der Waals surface area contributed by atoms with Crippen LogP contribution >= 0.6 is 11.3 Å². The lowest BCUT2D eigenvalue weighted by Crippen LogP contribution is -2.24. The molecule has 7 heteroatoms. The van der Waals surface area contributed by atoms with E-state index in [0.29, 0.717) is 29.4 Å². The van der Waals surface area contributed by atoms with Gasteiger partial charge in [-0.15, -0.1) is 11.3 Å². The maximum Gasteiger partial charge on any atom is 0.182 e. The molecular weight excluding hydrogens is 389 g/mol. The van der Waals surface area contributed by atoms with Crippen LogP contribution in [0, 0.1) is 17.7 Å². The Morgan fingerprint density at radius 3 is 2.66 bits per heavy atom. The molecule has 2 aromatic heterocycles. The van der Waals surface area contributed by atoms with Gasteiger partial charge in [-0.3, -0.25) is 9.59 Å². The van der Waals surface area contributed by atoms with Crippen molar-refractivity contribution < 1.29 is 14.0 Å². The summed E-state index contributed by atoms with van der Waals surface area (Å²) in [5.41, 5.74) is 3.25. The predicted molar refractivity (Wildman–Crippen MR) is 109 cm³/mol. The number of carbonyl (C=O) groups is 2. The summed E-state index contributed by atoms with van der Waals surface area (Å²) >= 11 is 1.43. The predicted octanol–water partition coefficient (Wildman–Crippen LogP) is 4.66. The molecule has 0 N–H and O–H groups in total. The van der Waals surface area contributed by atoms with Crippen molar-refractivity contribution in [3.63, 3.8) is 0 Å². The van der Waals surface area contributed by atoms with Gasteiger partial charge in [0.25, 0.3) is 0 Å². The molecule has 1 aromatic carbocycles. The highest BCUT2D eigenvalue weighted by Gasteiger charge is 2.28. The summed E-state index contributed by atoms with van der Waals surface area (Å²) in [5, 5.41) is 6.15. The Balaban J connectivity index is 1.29. The second kappa shape index (κ2) is 8.78. The molecule has 0 spiro atoms. The van der Waals surface area contributed by atoms with Gasteiger partial charge in [0.2, 0.25) is 0 Å². The third-order valence-electron chi connectivity index (χ3n) is 5.59. The maximum absolute atomic E-state index is 13.9. The minimum Gasteiger partial charge on any atom is -0.299 e. The van der Waals surface area contributed by atoms with Gasteiger partial charge in [-0.05, 0) is 49.8 Å². The lowest BCUT2D eigenvalue weighted by Gasteiger charge is -2.27. The first-order chi connectivity index (χ1) is 14.1. The van der Waals surface area contributed by atoms with E-state index in [9.17, 15) is 14.0 Å². The van der Waals surface area contributed by atoms with Crippen LogP contribution in [0.2, 0.25) is 0 Å². The van der Waals surface area contributed by atoms with Gasteiger partial charge in [-0.2, -0.15) is 5.10 Å². The van der Waals surface area contributed by atoms with Crippen molar-refractivity contribution in [2.45, 2.75) is 38.5 Å². The third-order valence-corrected chi connectivity index (χ3v) is 6.18. The first kappa shape index (κ1) is 19.6. The topological polar surface area (TPSA) is 64.8 Å². The van der Waals surface area contributed by atoms with Crippen LogP contribution < -0.4 is 0 Å². The fraction of sp³-hybridized carbons (Fsp3) is 0.364. The quantitative estimate of drug-likeness (QED) is 0.531. The van der Waals surface area contributed by atoms with Gasteiger partial charge >= 0.3 is 0 Å². The molecule has 1 fully saturated rings. The number of aromatic nitrogens is 3. The summed E-state index contributed by atoms with van der Waals surface area (Å²) in [5.74, 6) is 0.263. The molecule has 4 rings (SSSR count). The molecule has 0 atom stereocenters. The summed E-state index contributed by atoms with van der Waals surface area (Å²) in [7, 11) is 0. The smallest absolute Gasteiger partial charge is 0.182 e. The molecule has 0 saturated heterocycles. The zero-order chi connectivity index (χ0) is 20.2. The number of ketones is 2. The van der Waals surface area contributed by atoms with Crippen LogP contribution in [-0.2, 0) is 11.2 Å². The summed E-state index contributed by atoms with van der Waals surface area (Å²) in [6.07, 6.45) is 5.84. The number of nitrogens with zero attached hydrogens (tertiary/aromatic N) is 3. The molecule has 0 radical (unpaired) electrons.